The van der Waals surface area contributed by atoms with Crippen molar-refractivity contribution in [1.29, 1.82) is 5.41 Å². The van der Waals surface area contributed by atoms with Crippen molar-refractivity contribution < 1.29 is 0 Å². The number of aryl methyl sites for hydroxylation is 1. The van der Waals surface area contributed by atoms with Crippen molar-refractivity contribution >= 4 is 11.7 Å². The van der Waals surface area contributed by atoms with Crippen LogP contribution in [0.3, 0.4) is 0 Å². The van der Waals surface area contributed by atoms with Crippen molar-refractivity contribution in [2.75, 3.05) is 18.5 Å². The molecule has 0 aromatic carbocycles. The van der Waals surface area contributed by atoms with E-state index in [1.54, 1.807) is 6.20 Å². The number of nitrogens with zero attached hydrogens (tertiary/aromatic N) is 2. The summed E-state index contributed by atoms with van der Waals surface area (Å²) < 4.78 is 0. The second kappa shape index (κ2) is 6.23. The van der Waals surface area contributed by atoms with Gasteiger partial charge in [-0.15, -0.1) is 0 Å². The highest BCUT2D eigenvalue weighted by atomic mass is 15.2. The van der Waals surface area contributed by atoms with E-state index in [0.717, 1.165) is 29.9 Å². The molecule has 4 heteroatoms. The lowest BCUT2D eigenvalue weighted by Crippen LogP contribution is -2.25. The maximum absolute atomic E-state index is 7.63. The molecule has 0 aliphatic heterocycles. The number of hydrogen-bond acceptors (Lipinski definition) is 3. The Morgan fingerprint density at radius 1 is 1.47 bits per heavy atom. The third-order valence-electron chi connectivity index (χ3n) is 2.87. The summed E-state index contributed by atoms with van der Waals surface area (Å²) in [5.41, 5.74) is 7.39. The maximum Gasteiger partial charge on any atom is 0.139 e. The zero-order valence-corrected chi connectivity index (χ0v) is 11.0. The van der Waals surface area contributed by atoms with Crippen molar-refractivity contribution in [2.45, 2.75) is 33.1 Å². The van der Waals surface area contributed by atoms with E-state index in [0.29, 0.717) is 0 Å². The molecular formula is C13H22N4. The van der Waals surface area contributed by atoms with E-state index in [1.807, 2.05) is 20.0 Å². The number of hydrogen-bond donors (Lipinski definition) is 2. The smallest absolute Gasteiger partial charge is 0.139 e. The molecule has 17 heavy (non-hydrogen) atoms. The van der Waals surface area contributed by atoms with Gasteiger partial charge in [0.05, 0.1) is 5.56 Å². The first-order chi connectivity index (χ1) is 8.07. The number of pyridine rings is 1. The van der Waals surface area contributed by atoms with Crippen LogP contribution in [0.1, 0.15) is 37.3 Å². The molecule has 0 aliphatic carbocycles. The topological polar surface area (TPSA) is 66.0 Å². The van der Waals surface area contributed by atoms with Crippen molar-refractivity contribution in [3.8, 4) is 0 Å². The molecule has 1 aromatic rings. The molecule has 1 heterocycles. The summed E-state index contributed by atoms with van der Waals surface area (Å²) in [5, 5.41) is 7.63. The fourth-order valence-electron chi connectivity index (χ4n) is 1.87. The van der Waals surface area contributed by atoms with Crippen molar-refractivity contribution in [3.05, 3.63) is 23.4 Å². The lowest BCUT2D eigenvalue weighted by Gasteiger charge is -2.21. The number of nitrogens with one attached hydrogen (secondary N) is 1. The minimum Gasteiger partial charge on any atom is -0.384 e. The fourth-order valence-corrected chi connectivity index (χ4v) is 1.87. The first-order valence-corrected chi connectivity index (χ1v) is 6.09. The molecule has 1 rings (SSSR count). The molecule has 94 valence electrons. The highest BCUT2D eigenvalue weighted by Crippen LogP contribution is 2.19. The van der Waals surface area contributed by atoms with Crippen molar-refractivity contribution in [1.82, 2.24) is 4.98 Å². The lowest BCUT2D eigenvalue weighted by atomic mass is 10.1. The summed E-state index contributed by atoms with van der Waals surface area (Å²) in [6.45, 7) is 5.10. The Balaban J connectivity index is 2.89. The van der Waals surface area contributed by atoms with Crippen LogP contribution in [0.25, 0.3) is 0 Å². The van der Waals surface area contributed by atoms with Gasteiger partial charge in [-0.05, 0) is 25.0 Å². The quantitative estimate of drug-likeness (QED) is 0.451. The Labute approximate surface area is 103 Å². The van der Waals surface area contributed by atoms with Gasteiger partial charge in [0.25, 0.3) is 0 Å². The Morgan fingerprint density at radius 3 is 2.76 bits per heavy atom. The van der Waals surface area contributed by atoms with Crippen LogP contribution in [0.5, 0.6) is 0 Å². The molecule has 1 aromatic heterocycles. The van der Waals surface area contributed by atoms with Crippen LogP contribution in [0.4, 0.5) is 5.82 Å². The molecule has 0 bridgehead atoms. The first kappa shape index (κ1) is 13.5. The van der Waals surface area contributed by atoms with Crippen molar-refractivity contribution in [2.24, 2.45) is 5.73 Å². The molecule has 3 N–H and O–H groups in total. The number of rotatable bonds is 6. The largest absolute Gasteiger partial charge is 0.384 e. The van der Waals surface area contributed by atoms with Crippen LogP contribution in [0, 0.1) is 12.3 Å². The zero-order valence-electron chi connectivity index (χ0n) is 11.0. The van der Waals surface area contributed by atoms with Gasteiger partial charge in [-0.3, -0.25) is 5.41 Å². The highest BCUT2D eigenvalue weighted by Gasteiger charge is 2.13. The van der Waals surface area contributed by atoms with E-state index in [4.69, 9.17) is 11.1 Å². The van der Waals surface area contributed by atoms with Gasteiger partial charge in [-0.2, -0.15) is 0 Å². The molecule has 0 fully saturated rings. The molecule has 0 atom stereocenters. The van der Waals surface area contributed by atoms with Crippen LogP contribution >= 0.6 is 0 Å². The van der Waals surface area contributed by atoms with Gasteiger partial charge in [-0.25, -0.2) is 4.98 Å². The standard InChI is InChI=1S/C13H22N4/c1-4-5-6-9-17(3)13-11(12(14)15)10(2)7-8-16-13/h7-8H,4-6,9H2,1-3H3,(H3,14,15). The fraction of sp³-hybridized carbons (Fsp3) is 0.538. The van der Waals surface area contributed by atoms with Gasteiger partial charge in [-0.1, -0.05) is 19.8 Å². The van der Waals surface area contributed by atoms with Gasteiger partial charge in [0.1, 0.15) is 11.7 Å². The summed E-state index contributed by atoms with van der Waals surface area (Å²) in [5.74, 6) is 0.904. The second-order valence-corrected chi connectivity index (χ2v) is 4.37. The molecule has 0 radical (unpaired) electrons. The number of aromatic nitrogens is 1. The molecule has 0 spiro atoms. The molecule has 0 aliphatic rings. The lowest BCUT2D eigenvalue weighted by molar-refractivity contribution is 0.701. The number of anilines is 1. The molecule has 0 saturated carbocycles. The van der Waals surface area contributed by atoms with Crippen LogP contribution in [0.2, 0.25) is 0 Å². The van der Waals surface area contributed by atoms with E-state index >= 15 is 0 Å². The molecular weight excluding hydrogens is 212 g/mol. The minimum atomic E-state index is 0.0907. The van der Waals surface area contributed by atoms with Crippen LogP contribution in [-0.4, -0.2) is 24.4 Å². The third-order valence-corrected chi connectivity index (χ3v) is 2.87. The Bertz CT molecular complexity index is 387. The van der Waals surface area contributed by atoms with E-state index in [-0.39, 0.29) is 5.84 Å². The first-order valence-electron chi connectivity index (χ1n) is 6.09. The highest BCUT2D eigenvalue weighted by molar-refractivity contribution is 6.00. The number of unbranched alkanes of at least 4 members (excludes halogenated alkanes) is 2. The summed E-state index contributed by atoms with van der Waals surface area (Å²) in [6, 6.07) is 1.89. The van der Waals surface area contributed by atoms with Gasteiger partial charge >= 0.3 is 0 Å². The molecule has 4 nitrogen and oxygen atoms in total. The number of amidine groups is 1. The Hall–Kier alpha value is -1.58. The predicted octanol–water partition coefficient (Wildman–Crippen LogP) is 2.30. The average molecular weight is 234 g/mol. The SMILES string of the molecule is CCCCCN(C)c1nccc(C)c1C(=N)N. The minimum absolute atomic E-state index is 0.0907. The average Bonchev–Trinajstić information content (AvgIpc) is 2.28. The number of nitrogen functional groups attached to an aromatic ring is 1. The van der Waals surface area contributed by atoms with Crippen LogP contribution in [-0.2, 0) is 0 Å². The summed E-state index contributed by atoms with van der Waals surface area (Å²) in [4.78, 5) is 6.43. The monoisotopic (exact) mass is 234 g/mol. The van der Waals surface area contributed by atoms with Gasteiger partial charge in [0.2, 0.25) is 0 Å². The van der Waals surface area contributed by atoms with E-state index < -0.39 is 0 Å². The Morgan fingerprint density at radius 2 is 2.18 bits per heavy atom. The number of nitrogens with two attached hydrogens (primary N) is 1. The third kappa shape index (κ3) is 3.44. The van der Waals surface area contributed by atoms with E-state index in [1.165, 1.54) is 12.8 Å². The second-order valence-electron chi connectivity index (χ2n) is 4.37. The van der Waals surface area contributed by atoms with E-state index in [9.17, 15) is 0 Å². The summed E-state index contributed by atoms with van der Waals surface area (Å²) in [6.07, 6.45) is 5.33. The van der Waals surface area contributed by atoms with E-state index in [2.05, 4.69) is 16.8 Å². The maximum atomic E-state index is 7.63. The van der Waals surface area contributed by atoms with Crippen molar-refractivity contribution in [3.63, 3.8) is 0 Å². The van der Waals surface area contributed by atoms with Crippen LogP contribution < -0.4 is 10.6 Å². The van der Waals surface area contributed by atoms with Crippen LogP contribution in [0.15, 0.2) is 12.3 Å². The molecule has 0 unspecified atom stereocenters. The molecule has 0 saturated heterocycles. The predicted molar refractivity (Wildman–Crippen MR) is 72.8 cm³/mol. The van der Waals surface area contributed by atoms with Gasteiger partial charge in [0, 0.05) is 19.8 Å². The molecule has 0 amide bonds. The Kier molecular flexibility index (Phi) is 4.94. The normalized spacial score (nSPS) is 10.3. The summed E-state index contributed by atoms with van der Waals surface area (Å²) in [7, 11) is 2.00. The zero-order chi connectivity index (χ0) is 12.8. The van der Waals surface area contributed by atoms with Gasteiger partial charge < -0.3 is 10.6 Å². The summed E-state index contributed by atoms with van der Waals surface area (Å²) >= 11 is 0. The van der Waals surface area contributed by atoms with Gasteiger partial charge in [0.15, 0.2) is 0 Å².